The number of rotatable bonds is 5. The van der Waals surface area contributed by atoms with Crippen LogP contribution < -0.4 is 4.74 Å². The van der Waals surface area contributed by atoms with E-state index in [4.69, 9.17) is 44.3 Å². The van der Waals surface area contributed by atoms with Crippen molar-refractivity contribution in [2.24, 2.45) is 0 Å². The van der Waals surface area contributed by atoms with Crippen molar-refractivity contribution in [1.82, 2.24) is 4.98 Å². The molecule has 0 fully saturated rings. The average Bonchev–Trinajstić information content (AvgIpc) is 2.59. The van der Waals surface area contributed by atoms with Crippen LogP contribution in [0, 0.1) is 0 Å². The molecule has 1 atom stereocenters. The Kier molecular flexibility index (Phi) is 6.04. The number of hydrogen-bond acceptors (Lipinski definition) is 5. The molecular weight excluding hydrogens is 377 g/mol. The number of halogens is 3. The zero-order valence-electron chi connectivity index (χ0n) is 12.7. The molecule has 5 nitrogen and oxygen atoms in total. The van der Waals surface area contributed by atoms with Crippen molar-refractivity contribution < 1.29 is 19.1 Å². The number of methoxy groups -OCH3 is 1. The maximum absolute atomic E-state index is 12.3. The molecule has 2 aromatic rings. The maximum Gasteiger partial charge on any atom is 0.359 e. The highest BCUT2D eigenvalue weighted by atomic mass is 35.5. The number of benzene rings is 1. The normalized spacial score (nSPS) is 11.7. The first-order valence-corrected chi connectivity index (χ1v) is 7.87. The number of esters is 1. The molecule has 0 N–H and O–H groups in total. The molecule has 0 aliphatic carbocycles. The Morgan fingerprint density at radius 3 is 2.29 bits per heavy atom. The summed E-state index contributed by atoms with van der Waals surface area (Å²) in [6, 6.07) is 6.43. The van der Waals surface area contributed by atoms with Crippen LogP contribution in [0.25, 0.3) is 0 Å². The first-order valence-electron chi connectivity index (χ1n) is 6.74. The Labute approximate surface area is 153 Å². The molecule has 0 unspecified atom stereocenters. The van der Waals surface area contributed by atoms with Gasteiger partial charge in [-0.3, -0.25) is 4.79 Å². The maximum atomic E-state index is 12.3. The molecule has 0 radical (unpaired) electrons. The smallest absolute Gasteiger partial charge is 0.359 e. The van der Waals surface area contributed by atoms with Crippen LogP contribution in [0.3, 0.4) is 0 Å². The lowest BCUT2D eigenvalue weighted by Crippen LogP contribution is -2.25. The molecule has 8 heteroatoms. The van der Waals surface area contributed by atoms with E-state index in [-0.39, 0.29) is 26.5 Å². The Morgan fingerprint density at radius 2 is 1.71 bits per heavy atom. The predicted octanol–water partition coefficient (Wildman–Crippen LogP) is 4.48. The number of ketones is 1. The van der Waals surface area contributed by atoms with Gasteiger partial charge in [0, 0.05) is 11.8 Å². The van der Waals surface area contributed by atoms with Crippen molar-refractivity contribution in [3.05, 3.63) is 56.8 Å². The summed E-state index contributed by atoms with van der Waals surface area (Å²) in [6.07, 6.45) is 0.153. The summed E-state index contributed by atoms with van der Waals surface area (Å²) in [6.45, 7) is 1.45. The number of carbonyl (C=O) groups excluding carboxylic acids is 2. The van der Waals surface area contributed by atoms with E-state index in [9.17, 15) is 9.59 Å². The average molecular weight is 389 g/mol. The van der Waals surface area contributed by atoms with Crippen molar-refractivity contribution in [3.63, 3.8) is 0 Å². The summed E-state index contributed by atoms with van der Waals surface area (Å²) in [4.78, 5) is 28.2. The molecule has 126 valence electrons. The molecule has 0 saturated carbocycles. The lowest BCUT2D eigenvalue weighted by Gasteiger charge is -2.13. The van der Waals surface area contributed by atoms with E-state index < -0.39 is 12.1 Å². The molecule has 0 bridgehead atoms. The predicted molar refractivity (Wildman–Crippen MR) is 91.5 cm³/mol. The summed E-state index contributed by atoms with van der Waals surface area (Å²) in [5.74, 6) is -0.627. The summed E-state index contributed by atoms with van der Waals surface area (Å²) in [7, 11) is 1.52. The van der Waals surface area contributed by atoms with Crippen molar-refractivity contribution in [3.8, 4) is 5.75 Å². The van der Waals surface area contributed by atoms with Crippen LogP contribution in [0.1, 0.15) is 27.8 Å². The van der Waals surface area contributed by atoms with Gasteiger partial charge >= 0.3 is 5.97 Å². The van der Waals surface area contributed by atoms with Gasteiger partial charge in [-0.2, -0.15) is 0 Å². The molecule has 1 aromatic carbocycles. The first-order chi connectivity index (χ1) is 11.3. The van der Waals surface area contributed by atoms with Gasteiger partial charge in [0.25, 0.3) is 0 Å². The van der Waals surface area contributed by atoms with Crippen LogP contribution in [0.15, 0.2) is 30.5 Å². The highest BCUT2D eigenvalue weighted by Crippen LogP contribution is 2.31. The highest BCUT2D eigenvalue weighted by molar-refractivity contribution is 6.48. The molecule has 0 aliphatic rings. The number of nitrogens with zero attached hydrogens (tertiary/aromatic N) is 1. The third kappa shape index (κ3) is 3.98. The van der Waals surface area contributed by atoms with Gasteiger partial charge in [-0.05, 0) is 31.2 Å². The van der Waals surface area contributed by atoms with Crippen LogP contribution in [-0.2, 0) is 4.74 Å². The molecule has 0 amide bonds. The van der Waals surface area contributed by atoms with Gasteiger partial charge < -0.3 is 9.47 Å². The van der Waals surface area contributed by atoms with E-state index in [1.165, 1.54) is 20.2 Å². The second-order valence-electron chi connectivity index (χ2n) is 4.72. The third-order valence-corrected chi connectivity index (χ3v) is 4.38. The number of aromatic nitrogens is 1. The van der Waals surface area contributed by atoms with Crippen molar-refractivity contribution >= 4 is 46.6 Å². The zero-order chi connectivity index (χ0) is 17.9. The van der Waals surface area contributed by atoms with Crippen molar-refractivity contribution in [1.29, 1.82) is 0 Å². The molecule has 0 spiro atoms. The van der Waals surface area contributed by atoms with Gasteiger partial charge in [0.2, 0.25) is 5.78 Å². The summed E-state index contributed by atoms with van der Waals surface area (Å²) < 4.78 is 10.1. The summed E-state index contributed by atoms with van der Waals surface area (Å²) in [5, 5.41) is -0.0201. The van der Waals surface area contributed by atoms with Crippen LogP contribution in [0.4, 0.5) is 0 Å². The van der Waals surface area contributed by atoms with Crippen LogP contribution in [0.5, 0.6) is 5.75 Å². The SMILES string of the molecule is COc1ccc(C(=O)[C@@H](C)OC(=O)c2ncc(Cl)c(Cl)c2Cl)cc1. The molecule has 1 aromatic heterocycles. The van der Waals surface area contributed by atoms with E-state index in [0.29, 0.717) is 11.3 Å². The fraction of sp³-hybridized carbons (Fsp3) is 0.188. The van der Waals surface area contributed by atoms with Crippen LogP contribution in [0.2, 0.25) is 15.1 Å². The van der Waals surface area contributed by atoms with Crippen LogP contribution >= 0.6 is 34.8 Å². The van der Waals surface area contributed by atoms with E-state index in [2.05, 4.69) is 4.98 Å². The van der Waals surface area contributed by atoms with Crippen molar-refractivity contribution in [2.45, 2.75) is 13.0 Å². The minimum absolute atomic E-state index is 0.00517. The first kappa shape index (κ1) is 18.5. The summed E-state index contributed by atoms with van der Waals surface area (Å²) in [5.41, 5.74) is 0.171. The van der Waals surface area contributed by atoms with Gasteiger partial charge in [-0.25, -0.2) is 9.78 Å². The molecule has 24 heavy (non-hydrogen) atoms. The van der Waals surface area contributed by atoms with Crippen molar-refractivity contribution in [2.75, 3.05) is 7.11 Å². The molecular formula is C16H12Cl3NO4. The number of ether oxygens (including phenoxy) is 2. The molecule has 2 rings (SSSR count). The van der Waals surface area contributed by atoms with E-state index in [0.717, 1.165) is 0 Å². The third-order valence-electron chi connectivity index (χ3n) is 3.14. The quantitative estimate of drug-likeness (QED) is 0.558. The number of Topliss-reactive ketones (excluding diaryl/α,β-unsaturated/α-hetero) is 1. The fourth-order valence-corrected chi connectivity index (χ4v) is 2.40. The monoisotopic (exact) mass is 387 g/mol. The number of hydrogen-bond donors (Lipinski definition) is 0. The standard InChI is InChI=1S/C16H12Cl3NO4/c1-8(15(21)9-3-5-10(23-2)6-4-9)24-16(22)14-13(19)12(18)11(17)7-20-14/h3-8H,1-2H3/t8-/m1/s1. The lowest BCUT2D eigenvalue weighted by atomic mass is 10.1. The fourth-order valence-electron chi connectivity index (χ4n) is 1.85. The minimum Gasteiger partial charge on any atom is -0.497 e. The zero-order valence-corrected chi connectivity index (χ0v) is 14.9. The Bertz CT molecular complexity index is 778. The Morgan fingerprint density at radius 1 is 1.08 bits per heavy atom. The molecule has 0 saturated heterocycles. The molecule has 1 heterocycles. The van der Waals surface area contributed by atoms with Gasteiger partial charge in [0.15, 0.2) is 11.8 Å². The Hall–Kier alpha value is -1.82. The van der Waals surface area contributed by atoms with Crippen LogP contribution in [-0.4, -0.2) is 30.0 Å². The van der Waals surface area contributed by atoms with Gasteiger partial charge in [-0.15, -0.1) is 0 Å². The highest BCUT2D eigenvalue weighted by Gasteiger charge is 2.24. The van der Waals surface area contributed by atoms with Gasteiger partial charge in [-0.1, -0.05) is 34.8 Å². The number of carbonyl (C=O) groups is 2. The second-order valence-corrected chi connectivity index (χ2v) is 5.89. The lowest BCUT2D eigenvalue weighted by molar-refractivity contribution is 0.0313. The van der Waals surface area contributed by atoms with E-state index in [1.807, 2.05) is 0 Å². The van der Waals surface area contributed by atoms with E-state index in [1.54, 1.807) is 24.3 Å². The topological polar surface area (TPSA) is 65.5 Å². The second kappa shape index (κ2) is 7.83. The summed E-state index contributed by atoms with van der Waals surface area (Å²) >= 11 is 17.5. The Balaban J connectivity index is 2.13. The molecule has 0 aliphatic heterocycles. The van der Waals surface area contributed by atoms with E-state index >= 15 is 0 Å². The van der Waals surface area contributed by atoms with Gasteiger partial charge in [0.1, 0.15) is 5.75 Å². The van der Waals surface area contributed by atoms with Gasteiger partial charge in [0.05, 0.1) is 22.2 Å². The minimum atomic E-state index is -1.03. The number of pyridine rings is 1. The largest absolute Gasteiger partial charge is 0.497 e.